The highest BCUT2D eigenvalue weighted by atomic mass is 16.3. The molecule has 1 atom stereocenters. The van der Waals surface area contributed by atoms with Gasteiger partial charge in [-0.3, -0.25) is 4.79 Å². The van der Waals surface area contributed by atoms with Gasteiger partial charge in [-0.25, -0.2) is 4.79 Å². The molecular formula is C27H26N2O4. The van der Waals surface area contributed by atoms with E-state index in [-0.39, 0.29) is 29.7 Å². The Morgan fingerprint density at radius 1 is 0.758 bits per heavy atom. The van der Waals surface area contributed by atoms with Gasteiger partial charge in [0, 0.05) is 17.7 Å². The minimum Gasteiger partial charge on any atom is -0.508 e. The average Bonchev–Trinajstić information content (AvgIpc) is 2.83. The molecule has 3 aromatic carbocycles. The summed E-state index contributed by atoms with van der Waals surface area (Å²) in [5, 5.41) is 24.8. The lowest BCUT2D eigenvalue weighted by Gasteiger charge is -2.30. The quantitative estimate of drug-likeness (QED) is 0.412. The van der Waals surface area contributed by atoms with Crippen LogP contribution in [0.3, 0.4) is 0 Å². The fourth-order valence-electron chi connectivity index (χ4n) is 4.03. The van der Waals surface area contributed by atoms with E-state index in [1.54, 1.807) is 36.4 Å². The van der Waals surface area contributed by atoms with Gasteiger partial charge < -0.3 is 20.8 Å². The van der Waals surface area contributed by atoms with E-state index in [1.807, 2.05) is 42.5 Å². The summed E-state index contributed by atoms with van der Waals surface area (Å²) < 4.78 is 0. The zero-order chi connectivity index (χ0) is 23.2. The second kappa shape index (κ2) is 10.0. The first-order valence-corrected chi connectivity index (χ1v) is 10.9. The molecule has 1 aliphatic heterocycles. The van der Waals surface area contributed by atoms with E-state index in [0.29, 0.717) is 30.5 Å². The molecular weight excluding hydrogens is 416 g/mol. The Morgan fingerprint density at radius 3 is 1.94 bits per heavy atom. The van der Waals surface area contributed by atoms with E-state index in [1.165, 1.54) is 0 Å². The summed E-state index contributed by atoms with van der Waals surface area (Å²) in [6, 6.07) is 22.4. The molecule has 0 saturated carbocycles. The number of aromatic hydroxyl groups is 2. The third kappa shape index (κ3) is 5.60. The minimum absolute atomic E-state index is 0.0369. The number of amides is 2. The van der Waals surface area contributed by atoms with Crippen LogP contribution in [-0.2, 0) is 17.6 Å². The van der Waals surface area contributed by atoms with Crippen molar-refractivity contribution in [2.45, 2.75) is 31.7 Å². The Kier molecular flexibility index (Phi) is 6.74. The van der Waals surface area contributed by atoms with Crippen molar-refractivity contribution in [1.29, 1.82) is 0 Å². The number of rotatable bonds is 8. The van der Waals surface area contributed by atoms with Crippen molar-refractivity contribution in [3.05, 3.63) is 107 Å². The second-order valence-electron chi connectivity index (χ2n) is 8.09. The van der Waals surface area contributed by atoms with Crippen LogP contribution in [-0.4, -0.2) is 22.0 Å². The highest BCUT2D eigenvalue weighted by Crippen LogP contribution is 2.30. The van der Waals surface area contributed by atoms with Crippen molar-refractivity contribution in [1.82, 2.24) is 10.6 Å². The van der Waals surface area contributed by atoms with E-state index in [9.17, 15) is 19.8 Å². The molecule has 1 unspecified atom stereocenters. The maximum Gasteiger partial charge on any atom is 0.319 e. The van der Waals surface area contributed by atoms with Gasteiger partial charge in [0.15, 0.2) is 5.78 Å². The Morgan fingerprint density at radius 2 is 1.33 bits per heavy atom. The Bertz CT molecular complexity index is 1150. The SMILES string of the molecule is O=C1NC(CCc2ccc(O)cc2)=C(C(=O)CCc2ccc(O)cc2)C(c2ccccc2)N1. The normalized spacial score (nSPS) is 15.6. The molecule has 3 aromatic rings. The largest absolute Gasteiger partial charge is 0.508 e. The zero-order valence-corrected chi connectivity index (χ0v) is 18.1. The first kappa shape index (κ1) is 22.1. The van der Waals surface area contributed by atoms with Crippen molar-refractivity contribution in [2.24, 2.45) is 0 Å². The van der Waals surface area contributed by atoms with Crippen LogP contribution in [0.5, 0.6) is 11.5 Å². The van der Waals surface area contributed by atoms with Crippen LogP contribution < -0.4 is 10.6 Å². The van der Waals surface area contributed by atoms with Gasteiger partial charge in [0.05, 0.1) is 6.04 Å². The van der Waals surface area contributed by atoms with Gasteiger partial charge in [0.1, 0.15) is 11.5 Å². The number of hydrogen-bond donors (Lipinski definition) is 4. The van der Waals surface area contributed by atoms with Gasteiger partial charge in [0.25, 0.3) is 0 Å². The summed E-state index contributed by atoms with van der Waals surface area (Å²) in [5.74, 6) is 0.347. The summed E-state index contributed by atoms with van der Waals surface area (Å²) in [7, 11) is 0. The molecule has 4 N–H and O–H groups in total. The number of carbonyl (C=O) groups is 2. The number of phenols is 2. The standard InChI is InChI=1S/C27H26N2O4/c30-21-12-6-18(7-13-21)10-16-23-25(24(32)17-11-19-8-14-22(31)15-9-19)26(29-27(33)28-23)20-4-2-1-3-5-20/h1-9,12-15,26,30-31H,10-11,16-17H2,(H2,28,29,33). The number of Topliss-reactive ketones (excluding diaryl/α,β-unsaturated/α-hetero) is 1. The first-order valence-electron chi connectivity index (χ1n) is 10.9. The Hall–Kier alpha value is -4.06. The monoisotopic (exact) mass is 442 g/mol. The molecule has 1 heterocycles. The number of carbonyl (C=O) groups excluding carboxylic acids is 2. The molecule has 2 amide bonds. The molecule has 0 aromatic heterocycles. The third-order valence-electron chi connectivity index (χ3n) is 5.76. The van der Waals surface area contributed by atoms with Gasteiger partial charge in [-0.2, -0.15) is 0 Å². The lowest BCUT2D eigenvalue weighted by atomic mass is 9.88. The molecule has 33 heavy (non-hydrogen) atoms. The molecule has 4 rings (SSSR count). The number of benzene rings is 3. The number of nitrogens with one attached hydrogen (secondary N) is 2. The molecule has 0 radical (unpaired) electrons. The van der Waals surface area contributed by atoms with E-state index in [2.05, 4.69) is 10.6 Å². The van der Waals surface area contributed by atoms with Crippen LogP contribution in [0.4, 0.5) is 4.79 Å². The van der Waals surface area contributed by atoms with Crippen LogP contribution in [0.1, 0.15) is 35.6 Å². The smallest absolute Gasteiger partial charge is 0.319 e. The van der Waals surface area contributed by atoms with Crippen LogP contribution in [0, 0.1) is 0 Å². The lowest BCUT2D eigenvalue weighted by molar-refractivity contribution is -0.116. The summed E-state index contributed by atoms with van der Waals surface area (Å²) in [6.45, 7) is 0. The van der Waals surface area contributed by atoms with Gasteiger partial charge in [-0.1, -0.05) is 54.6 Å². The fraction of sp³-hybridized carbons (Fsp3) is 0.185. The van der Waals surface area contributed by atoms with Gasteiger partial charge >= 0.3 is 6.03 Å². The number of hydrogen-bond acceptors (Lipinski definition) is 4. The van der Waals surface area contributed by atoms with Crippen molar-refractivity contribution >= 4 is 11.8 Å². The van der Waals surface area contributed by atoms with Crippen molar-refractivity contribution in [2.75, 3.05) is 0 Å². The fourth-order valence-corrected chi connectivity index (χ4v) is 4.03. The topological polar surface area (TPSA) is 98.7 Å². The molecule has 0 saturated heterocycles. The molecule has 0 spiro atoms. The Balaban J connectivity index is 1.62. The third-order valence-corrected chi connectivity index (χ3v) is 5.76. The van der Waals surface area contributed by atoms with Crippen molar-refractivity contribution in [3.8, 4) is 11.5 Å². The van der Waals surface area contributed by atoms with Gasteiger partial charge in [-0.15, -0.1) is 0 Å². The number of urea groups is 1. The summed E-state index contributed by atoms with van der Waals surface area (Å²) in [4.78, 5) is 25.9. The van der Waals surface area contributed by atoms with Crippen LogP contribution in [0.15, 0.2) is 90.1 Å². The molecule has 1 aliphatic rings. The lowest BCUT2D eigenvalue weighted by Crippen LogP contribution is -2.45. The van der Waals surface area contributed by atoms with E-state index in [0.717, 1.165) is 16.7 Å². The molecule has 6 nitrogen and oxygen atoms in total. The van der Waals surface area contributed by atoms with E-state index < -0.39 is 6.04 Å². The van der Waals surface area contributed by atoms with Gasteiger partial charge in [0.2, 0.25) is 0 Å². The molecule has 0 fully saturated rings. The maximum absolute atomic E-state index is 13.5. The number of allylic oxidation sites excluding steroid dienone is 1. The van der Waals surface area contributed by atoms with E-state index >= 15 is 0 Å². The maximum atomic E-state index is 13.5. The van der Waals surface area contributed by atoms with Gasteiger partial charge in [-0.05, 0) is 60.2 Å². The number of phenolic OH excluding ortho intramolecular Hbond substituents is 2. The van der Waals surface area contributed by atoms with Crippen LogP contribution in [0.25, 0.3) is 0 Å². The molecule has 0 bridgehead atoms. The summed E-state index contributed by atoms with van der Waals surface area (Å²) in [5.41, 5.74) is 3.99. The molecule has 6 heteroatoms. The first-order chi connectivity index (χ1) is 16.0. The van der Waals surface area contributed by atoms with Crippen molar-refractivity contribution < 1.29 is 19.8 Å². The number of aryl methyl sites for hydroxylation is 2. The highest BCUT2D eigenvalue weighted by molar-refractivity contribution is 6.00. The molecule has 168 valence electrons. The highest BCUT2D eigenvalue weighted by Gasteiger charge is 2.32. The van der Waals surface area contributed by atoms with E-state index in [4.69, 9.17) is 0 Å². The van der Waals surface area contributed by atoms with Crippen molar-refractivity contribution in [3.63, 3.8) is 0 Å². The predicted molar refractivity (Wildman–Crippen MR) is 126 cm³/mol. The Labute approximate surface area is 192 Å². The van der Waals surface area contributed by atoms with Crippen LogP contribution >= 0.6 is 0 Å². The molecule has 0 aliphatic carbocycles. The number of ketones is 1. The van der Waals surface area contributed by atoms with Crippen LogP contribution in [0.2, 0.25) is 0 Å². The summed E-state index contributed by atoms with van der Waals surface area (Å²) in [6.07, 6.45) is 1.92. The minimum atomic E-state index is -0.526. The predicted octanol–water partition coefficient (Wildman–Crippen LogP) is 4.54. The zero-order valence-electron chi connectivity index (χ0n) is 18.1. The average molecular weight is 443 g/mol. The second-order valence-corrected chi connectivity index (χ2v) is 8.09. The summed E-state index contributed by atoms with van der Waals surface area (Å²) >= 11 is 0.